The number of carboxylic acid groups (broad SMARTS) is 1. The van der Waals surface area contributed by atoms with Crippen molar-refractivity contribution in [1.29, 1.82) is 0 Å². The first-order valence-electron chi connectivity index (χ1n) is 5.69. The Morgan fingerprint density at radius 3 is 2.33 bits per heavy atom. The molecule has 0 aromatic rings. The SMILES string of the molecule is O=C(CC(C(=O)O)S(=O)(=O)O)OC1([SiH3])CCCCO1.[H-].[H-].[Na+].[Na+]. The maximum absolute atomic E-state index is 11.6. The summed E-state index contributed by atoms with van der Waals surface area (Å²) in [4.78, 5) is 22.2. The van der Waals surface area contributed by atoms with Crippen molar-refractivity contribution in [3.05, 3.63) is 0 Å². The molecule has 0 saturated carbocycles. The smallest absolute Gasteiger partial charge is 1.00 e. The minimum Gasteiger partial charge on any atom is -1.00 e. The van der Waals surface area contributed by atoms with Gasteiger partial charge in [-0.25, -0.2) is 0 Å². The van der Waals surface area contributed by atoms with Crippen LogP contribution in [0.2, 0.25) is 0 Å². The van der Waals surface area contributed by atoms with Crippen molar-refractivity contribution >= 4 is 32.3 Å². The van der Waals surface area contributed by atoms with Gasteiger partial charge in [0.25, 0.3) is 10.1 Å². The predicted molar refractivity (Wildman–Crippen MR) is 68.4 cm³/mol. The van der Waals surface area contributed by atoms with Crippen LogP contribution in [-0.2, 0) is 29.2 Å². The van der Waals surface area contributed by atoms with Crippen molar-refractivity contribution in [3.63, 3.8) is 0 Å². The van der Waals surface area contributed by atoms with E-state index in [0.29, 0.717) is 23.3 Å². The quantitative estimate of drug-likeness (QED) is 0.281. The van der Waals surface area contributed by atoms with Gasteiger partial charge in [-0.1, -0.05) is 0 Å². The Hall–Kier alpha value is 1.03. The molecule has 114 valence electrons. The maximum Gasteiger partial charge on any atom is 1.00 e. The molecule has 12 heteroatoms. The van der Waals surface area contributed by atoms with Crippen LogP contribution in [0.1, 0.15) is 28.5 Å². The summed E-state index contributed by atoms with van der Waals surface area (Å²) in [7, 11) is -4.46. The minimum absolute atomic E-state index is 0. The molecule has 8 nitrogen and oxygen atoms in total. The van der Waals surface area contributed by atoms with Crippen molar-refractivity contribution in [3.8, 4) is 0 Å². The van der Waals surface area contributed by atoms with Crippen LogP contribution >= 0.6 is 0 Å². The van der Waals surface area contributed by atoms with Gasteiger partial charge in [0, 0.05) is 6.42 Å². The van der Waals surface area contributed by atoms with Crippen LogP contribution in [0.4, 0.5) is 0 Å². The Morgan fingerprint density at radius 1 is 1.38 bits per heavy atom. The summed E-state index contributed by atoms with van der Waals surface area (Å²) >= 11 is 0. The zero-order valence-corrected chi connectivity index (χ0v) is 19.2. The van der Waals surface area contributed by atoms with Crippen molar-refractivity contribution < 1.29 is 99.1 Å². The van der Waals surface area contributed by atoms with Gasteiger partial charge in [0.05, 0.1) is 23.3 Å². The standard InChI is InChI=1S/C9H16O8SSi.2Na.2H/c10-7(5-6(8(11)12)18(13,14)15)17-9(19)3-1-2-4-16-9;;;;/h6H,1-5H2,19H3,(H,11,12)(H,13,14,15);;;;/q;2*+1;2*-1. The summed E-state index contributed by atoms with van der Waals surface area (Å²) in [6.45, 7) is 0.442. The molecule has 0 amide bonds. The summed E-state index contributed by atoms with van der Waals surface area (Å²) < 4.78 is 40.7. The summed E-state index contributed by atoms with van der Waals surface area (Å²) in [5.41, 5.74) is -1.03. The van der Waals surface area contributed by atoms with Crippen LogP contribution in [-0.4, -0.2) is 57.5 Å². The molecule has 1 heterocycles. The molecule has 1 fully saturated rings. The van der Waals surface area contributed by atoms with Gasteiger partial charge in [0.1, 0.15) is 0 Å². The first-order valence-corrected chi connectivity index (χ1v) is 8.19. The number of esters is 1. The van der Waals surface area contributed by atoms with Gasteiger partial charge in [-0.15, -0.1) is 0 Å². The number of rotatable bonds is 5. The van der Waals surface area contributed by atoms with Crippen molar-refractivity contribution in [1.82, 2.24) is 0 Å². The zero-order valence-electron chi connectivity index (χ0n) is 14.4. The number of carbonyl (C=O) groups excluding carboxylic acids is 1. The Kier molecular flexibility index (Phi) is 11.6. The van der Waals surface area contributed by atoms with E-state index in [1.807, 2.05) is 0 Å². The van der Waals surface area contributed by atoms with Crippen LogP contribution in [0.5, 0.6) is 0 Å². The molecule has 1 saturated heterocycles. The first-order chi connectivity index (χ1) is 8.64. The summed E-state index contributed by atoms with van der Waals surface area (Å²) in [5.74, 6) is -2.81. The molecule has 2 unspecified atom stereocenters. The number of hydrogen-bond acceptors (Lipinski definition) is 6. The fourth-order valence-electron chi connectivity index (χ4n) is 1.74. The number of aliphatic carboxylic acids is 1. The second-order valence-corrected chi connectivity index (χ2v) is 7.58. The Balaban J connectivity index is -0.000000451. The van der Waals surface area contributed by atoms with Gasteiger partial charge in [-0.05, 0) is 12.8 Å². The normalized spacial score (nSPS) is 23.3. The molecule has 2 N–H and O–H groups in total. The minimum atomic E-state index is -4.85. The number of hydrogen-bond donors (Lipinski definition) is 2. The van der Waals surface area contributed by atoms with Gasteiger partial charge < -0.3 is 17.4 Å². The van der Waals surface area contributed by atoms with E-state index in [1.54, 1.807) is 0 Å². The van der Waals surface area contributed by atoms with E-state index in [4.69, 9.17) is 19.1 Å². The van der Waals surface area contributed by atoms with E-state index in [-0.39, 0.29) is 62.0 Å². The molecule has 1 rings (SSSR count). The van der Waals surface area contributed by atoms with Crippen molar-refractivity contribution in [2.45, 2.75) is 36.3 Å². The zero-order chi connectivity index (χ0) is 14.7. The molecule has 0 aliphatic carbocycles. The van der Waals surface area contributed by atoms with E-state index >= 15 is 0 Å². The summed E-state index contributed by atoms with van der Waals surface area (Å²) in [6.07, 6.45) is 1.23. The van der Waals surface area contributed by atoms with Gasteiger partial charge in [0.2, 0.25) is 0 Å². The summed E-state index contributed by atoms with van der Waals surface area (Å²) in [6, 6.07) is 0. The largest absolute Gasteiger partial charge is 1.00 e. The fourth-order valence-corrected chi connectivity index (χ4v) is 3.13. The Bertz CT molecular complexity index is 472. The third-order valence-electron chi connectivity index (χ3n) is 2.75. The third kappa shape index (κ3) is 8.44. The second-order valence-electron chi connectivity index (χ2n) is 4.46. The number of carboxylic acids is 1. The Labute approximate surface area is 173 Å². The molecule has 21 heavy (non-hydrogen) atoms. The van der Waals surface area contributed by atoms with E-state index < -0.39 is 39.1 Å². The molecule has 0 bridgehead atoms. The molecule has 0 aromatic carbocycles. The van der Waals surface area contributed by atoms with Crippen LogP contribution in [0.25, 0.3) is 0 Å². The number of carbonyl (C=O) groups is 2. The van der Waals surface area contributed by atoms with Crippen LogP contribution < -0.4 is 59.1 Å². The van der Waals surface area contributed by atoms with Gasteiger partial charge in [-0.2, -0.15) is 8.42 Å². The van der Waals surface area contributed by atoms with E-state index in [9.17, 15) is 18.0 Å². The molecule has 2 atom stereocenters. The van der Waals surface area contributed by atoms with Crippen molar-refractivity contribution in [2.75, 3.05) is 6.61 Å². The predicted octanol–water partition coefficient (Wildman–Crippen LogP) is -7.29. The average molecular weight is 360 g/mol. The topological polar surface area (TPSA) is 127 Å². The molecule has 1 aliphatic rings. The molecular weight excluding hydrogens is 342 g/mol. The fraction of sp³-hybridized carbons (Fsp3) is 0.778. The van der Waals surface area contributed by atoms with Gasteiger partial charge in [0.15, 0.2) is 10.7 Å². The average Bonchev–Trinajstić information content (AvgIpc) is 2.24. The second kappa shape index (κ2) is 10.0. The van der Waals surface area contributed by atoms with Crippen LogP contribution in [0.3, 0.4) is 0 Å². The Morgan fingerprint density at radius 2 is 1.95 bits per heavy atom. The molecule has 1 aliphatic heterocycles. The van der Waals surface area contributed by atoms with E-state index in [0.717, 1.165) is 12.8 Å². The molecule has 0 radical (unpaired) electrons. The van der Waals surface area contributed by atoms with Gasteiger partial charge >= 0.3 is 71.1 Å². The third-order valence-corrected chi connectivity index (χ3v) is 4.83. The molecule has 0 spiro atoms. The summed E-state index contributed by atoms with van der Waals surface area (Å²) in [5, 5.41) is 6.44. The van der Waals surface area contributed by atoms with Crippen LogP contribution in [0.15, 0.2) is 0 Å². The molecular formula is C9H18Na2O8SSi. The van der Waals surface area contributed by atoms with E-state index in [2.05, 4.69) is 0 Å². The van der Waals surface area contributed by atoms with Gasteiger partial charge in [-0.3, -0.25) is 14.1 Å². The monoisotopic (exact) mass is 360 g/mol. The van der Waals surface area contributed by atoms with Crippen LogP contribution in [0, 0.1) is 0 Å². The maximum atomic E-state index is 11.6. The molecule has 0 aromatic heterocycles. The van der Waals surface area contributed by atoms with E-state index in [1.165, 1.54) is 0 Å². The number of ether oxygens (including phenoxy) is 2. The first kappa shape index (κ1) is 24.3. The van der Waals surface area contributed by atoms with Crippen molar-refractivity contribution in [2.24, 2.45) is 0 Å².